The number of rotatable bonds is 4. The predicted octanol–water partition coefficient (Wildman–Crippen LogP) is 1.98. The molecule has 0 aliphatic heterocycles. The van der Waals surface area contributed by atoms with Gasteiger partial charge in [0.15, 0.2) is 0 Å². The molecule has 1 heterocycles. The number of carbonyl (C=O) groups is 1. The van der Waals surface area contributed by atoms with Gasteiger partial charge in [0.1, 0.15) is 5.01 Å². The number of nitrogens with zero attached hydrogens (tertiary/aromatic N) is 1. The summed E-state index contributed by atoms with van der Waals surface area (Å²) in [5.41, 5.74) is 6.52. The summed E-state index contributed by atoms with van der Waals surface area (Å²) in [6.45, 7) is 2.94. The van der Waals surface area contributed by atoms with Crippen LogP contribution in [0.25, 0.3) is 0 Å². The van der Waals surface area contributed by atoms with E-state index >= 15 is 0 Å². The number of aryl methyl sites for hydroxylation is 1. The molecule has 0 radical (unpaired) electrons. The van der Waals surface area contributed by atoms with Crippen LogP contribution in [0.3, 0.4) is 0 Å². The van der Waals surface area contributed by atoms with Crippen LogP contribution in [-0.4, -0.2) is 17.4 Å². The van der Waals surface area contributed by atoms with E-state index in [0.717, 1.165) is 36.4 Å². The van der Waals surface area contributed by atoms with Gasteiger partial charge in [-0.05, 0) is 19.8 Å². The minimum atomic E-state index is -0.329. The van der Waals surface area contributed by atoms with Crippen molar-refractivity contribution in [3.63, 3.8) is 0 Å². The molecule has 1 fully saturated rings. The molecule has 18 heavy (non-hydrogen) atoms. The van der Waals surface area contributed by atoms with Gasteiger partial charge in [-0.25, -0.2) is 4.98 Å². The molecule has 0 unspecified atom stereocenters. The minimum Gasteiger partial charge on any atom is -0.349 e. The summed E-state index contributed by atoms with van der Waals surface area (Å²) >= 11 is 1.59. The van der Waals surface area contributed by atoms with Gasteiger partial charge < -0.3 is 11.1 Å². The first-order valence-corrected chi connectivity index (χ1v) is 7.44. The molecule has 1 aliphatic carbocycles. The Bertz CT molecular complexity index is 410. The van der Waals surface area contributed by atoms with E-state index in [2.05, 4.69) is 10.3 Å². The van der Waals surface area contributed by atoms with Crippen molar-refractivity contribution < 1.29 is 4.79 Å². The maximum Gasteiger partial charge on any atom is 0.227 e. The summed E-state index contributed by atoms with van der Waals surface area (Å²) < 4.78 is 0. The van der Waals surface area contributed by atoms with E-state index < -0.39 is 0 Å². The van der Waals surface area contributed by atoms with Crippen LogP contribution < -0.4 is 11.1 Å². The summed E-state index contributed by atoms with van der Waals surface area (Å²) in [6.07, 6.45) is 5.29. The molecule has 0 atom stereocenters. The van der Waals surface area contributed by atoms with Crippen molar-refractivity contribution in [3.05, 3.63) is 16.1 Å². The molecule has 0 spiro atoms. The Balaban J connectivity index is 1.93. The number of aromatic nitrogens is 1. The topological polar surface area (TPSA) is 68.0 Å². The van der Waals surface area contributed by atoms with E-state index in [0.29, 0.717) is 13.1 Å². The average Bonchev–Trinajstić information content (AvgIpc) is 2.82. The Labute approximate surface area is 112 Å². The van der Waals surface area contributed by atoms with Crippen LogP contribution >= 0.6 is 11.3 Å². The lowest BCUT2D eigenvalue weighted by atomic mass is 9.73. The fourth-order valence-electron chi connectivity index (χ4n) is 2.58. The third-order valence-electron chi connectivity index (χ3n) is 3.75. The monoisotopic (exact) mass is 267 g/mol. The highest BCUT2D eigenvalue weighted by molar-refractivity contribution is 7.09. The Morgan fingerprint density at radius 1 is 1.50 bits per heavy atom. The SMILES string of the molecule is Cc1csc(CNC(=O)C2(CN)CCCCC2)n1. The van der Waals surface area contributed by atoms with E-state index in [1.54, 1.807) is 11.3 Å². The van der Waals surface area contributed by atoms with Crippen LogP contribution in [0, 0.1) is 12.3 Å². The average molecular weight is 267 g/mol. The predicted molar refractivity (Wildman–Crippen MR) is 73.3 cm³/mol. The highest BCUT2D eigenvalue weighted by atomic mass is 32.1. The summed E-state index contributed by atoms with van der Waals surface area (Å²) in [5, 5.41) is 5.97. The molecular formula is C13H21N3OS. The van der Waals surface area contributed by atoms with Crippen LogP contribution in [0.1, 0.15) is 42.8 Å². The van der Waals surface area contributed by atoms with Gasteiger partial charge in [-0.15, -0.1) is 11.3 Å². The lowest BCUT2D eigenvalue weighted by Gasteiger charge is -2.34. The third kappa shape index (κ3) is 2.90. The van der Waals surface area contributed by atoms with Crippen LogP contribution in [0.4, 0.5) is 0 Å². The molecule has 1 aliphatic rings. The molecule has 1 aromatic rings. The lowest BCUT2D eigenvalue weighted by Crippen LogP contribution is -2.46. The molecule has 1 amide bonds. The number of carbonyl (C=O) groups excluding carboxylic acids is 1. The third-order valence-corrected chi connectivity index (χ3v) is 4.72. The number of nitrogens with one attached hydrogen (secondary N) is 1. The van der Waals surface area contributed by atoms with E-state index in [4.69, 9.17) is 5.73 Å². The van der Waals surface area contributed by atoms with Crippen molar-refractivity contribution in [1.82, 2.24) is 10.3 Å². The van der Waals surface area contributed by atoms with Gasteiger partial charge in [-0.2, -0.15) is 0 Å². The first kappa shape index (κ1) is 13.5. The van der Waals surface area contributed by atoms with Crippen molar-refractivity contribution in [3.8, 4) is 0 Å². The second-order valence-corrected chi connectivity index (χ2v) is 6.05. The molecule has 4 nitrogen and oxygen atoms in total. The molecule has 0 bridgehead atoms. The molecule has 0 aromatic carbocycles. The molecule has 1 aromatic heterocycles. The Hall–Kier alpha value is -0.940. The zero-order valence-electron chi connectivity index (χ0n) is 10.9. The fourth-order valence-corrected chi connectivity index (χ4v) is 3.29. The van der Waals surface area contributed by atoms with Gasteiger partial charge in [0.2, 0.25) is 5.91 Å². The van der Waals surface area contributed by atoms with Gasteiger partial charge in [0.25, 0.3) is 0 Å². The summed E-state index contributed by atoms with van der Waals surface area (Å²) in [4.78, 5) is 16.7. The van der Waals surface area contributed by atoms with E-state index in [9.17, 15) is 4.79 Å². The van der Waals surface area contributed by atoms with Crippen molar-refractivity contribution >= 4 is 17.2 Å². The normalized spacial score (nSPS) is 18.6. The van der Waals surface area contributed by atoms with Crippen LogP contribution in [0.15, 0.2) is 5.38 Å². The van der Waals surface area contributed by atoms with Gasteiger partial charge in [0, 0.05) is 17.6 Å². The summed E-state index contributed by atoms with van der Waals surface area (Å²) in [5.74, 6) is 0.109. The highest BCUT2D eigenvalue weighted by Gasteiger charge is 2.37. The first-order chi connectivity index (χ1) is 8.66. The number of thiazole rings is 1. The van der Waals surface area contributed by atoms with Gasteiger partial charge in [0.05, 0.1) is 12.0 Å². The van der Waals surface area contributed by atoms with Gasteiger partial charge in [-0.1, -0.05) is 19.3 Å². The standard InChI is InChI=1S/C13H21N3OS/c1-10-8-18-11(16-10)7-15-12(17)13(9-14)5-3-2-4-6-13/h8H,2-7,9,14H2,1H3,(H,15,17). The Morgan fingerprint density at radius 3 is 2.78 bits per heavy atom. The van der Waals surface area contributed by atoms with Crippen LogP contribution in [-0.2, 0) is 11.3 Å². The first-order valence-electron chi connectivity index (χ1n) is 6.56. The molecular weight excluding hydrogens is 246 g/mol. The number of hydrogen-bond donors (Lipinski definition) is 2. The van der Waals surface area contributed by atoms with E-state index in [-0.39, 0.29) is 11.3 Å². The van der Waals surface area contributed by atoms with Crippen LogP contribution in [0.2, 0.25) is 0 Å². The van der Waals surface area contributed by atoms with Crippen molar-refractivity contribution in [2.75, 3.05) is 6.54 Å². The molecule has 1 saturated carbocycles. The van der Waals surface area contributed by atoms with Crippen LogP contribution in [0.5, 0.6) is 0 Å². The second kappa shape index (κ2) is 5.80. The Morgan fingerprint density at radius 2 is 2.22 bits per heavy atom. The molecule has 5 heteroatoms. The molecule has 100 valence electrons. The molecule has 3 N–H and O–H groups in total. The van der Waals surface area contributed by atoms with Crippen molar-refractivity contribution in [2.45, 2.75) is 45.6 Å². The lowest BCUT2D eigenvalue weighted by molar-refractivity contribution is -0.132. The smallest absolute Gasteiger partial charge is 0.227 e. The maximum absolute atomic E-state index is 12.3. The van der Waals surface area contributed by atoms with E-state index in [1.807, 2.05) is 12.3 Å². The summed E-state index contributed by atoms with van der Waals surface area (Å²) in [6, 6.07) is 0. The Kier molecular flexibility index (Phi) is 4.35. The second-order valence-electron chi connectivity index (χ2n) is 5.11. The summed E-state index contributed by atoms with van der Waals surface area (Å²) in [7, 11) is 0. The zero-order chi connectivity index (χ0) is 13.0. The fraction of sp³-hybridized carbons (Fsp3) is 0.692. The van der Waals surface area contributed by atoms with Crippen molar-refractivity contribution in [1.29, 1.82) is 0 Å². The molecule has 2 rings (SSSR count). The van der Waals surface area contributed by atoms with Gasteiger partial charge >= 0.3 is 0 Å². The molecule has 0 saturated heterocycles. The zero-order valence-corrected chi connectivity index (χ0v) is 11.7. The number of nitrogens with two attached hydrogens (primary N) is 1. The highest BCUT2D eigenvalue weighted by Crippen LogP contribution is 2.35. The van der Waals surface area contributed by atoms with E-state index in [1.165, 1.54) is 6.42 Å². The number of hydrogen-bond acceptors (Lipinski definition) is 4. The van der Waals surface area contributed by atoms with Gasteiger partial charge in [-0.3, -0.25) is 4.79 Å². The van der Waals surface area contributed by atoms with Crippen molar-refractivity contribution in [2.24, 2.45) is 11.1 Å². The largest absolute Gasteiger partial charge is 0.349 e. The maximum atomic E-state index is 12.3. The quantitative estimate of drug-likeness (QED) is 0.876. The number of amides is 1. The minimum absolute atomic E-state index is 0.109.